The van der Waals surface area contributed by atoms with Crippen LogP contribution in [0.1, 0.15) is 28.0 Å². The van der Waals surface area contributed by atoms with Gasteiger partial charge in [0.2, 0.25) is 0 Å². The second-order valence-electron chi connectivity index (χ2n) is 10.5. The van der Waals surface area contributed by atoms with E-state index in [9.17, 15) is 31.1 Å². The molecule has 3 heterocycles. The minimum Gasteiger partial charge on any atom is -0.492 e. The average molecular weight is 647 g/mol. The molecule has 0 saturated carbocycles. The number of carboxylic acids is 2. The van der Waals surface area contributed by atoms with Crippen LogP contribution in [-0.2, 0) is 21.5 Å². The predicted octanol–water partition coefficient (Wildman–Crippen LogP) is 4.26. The van der Waals surface area contributed by atoms with E-state index >= 15 is 0 Å². The standard InChI is InChI=1S/C25H30N4O2.2C2HF3O2/c1-28(2)24(30)18-8-9-22-21(16-18)20-10-12-26-25(23(20)27-22)11-13-29(17-25)14-15-31-19-6-4-3-5-7-19;2*3-2(4,5)1(6)7/h3-9,16,26-27H,10-15,17H2,1-2H3;2*(H,6,7). The van der Waals surface area contributed by atoms with E-state index in [0.717, 1.165) is 55.9 Å². The molecule has 2 aliphatic rings. The molecule has 2 aromatic carbocycles. The molecule has 1 unspecified atom stereocenters. The summed E-state index contributed by atoms with van der Waals surface area (Å²) in [5.74, 6) is -4.54. The van der Waals surface area contributed by atoms with E-state index in [-0.39, 0.29) is 11.4 Å². The van der Waals surface area contributed by atoms with Crippen LogP contribution in [-0.4, -0.2) is 102 Å². The Morgan fingerprint density at radius 1 is 0.978 bits per heavy atom. The minimum absolute atomic E-state index is 0.0472. The quantitative estimate of drug-likeness (QED) is 0.302. The highest BCUT2D eigenvalue weighted by atomic mass is 19.4. The fraction of sp³-hybridized carbons (Fsp3) is 0.414. The molecule has 1 atom stereocenters. The second-order valence-corrected chi connectivity index (χ2v) is 10.5. The predicted molar refractivity (Wildman–Crippen MR) is 150 cm³/mol. The number of hydrogen-bond acceptors (Lipinski definition) is 6. The van der Waals surface area contributed by atoms with Crippen molar-refractivity contribution in [2.75, 3.05) is 46.9 Å². The van der Waals surface area contributed by atoms with Crippen molar-refractivity contribution < 1.29 is 55.7 Å². The molecule has 4 N–H and O–H groups in total. The lowest BCUT2D eigenvalue weighted by Gasteiger charge is -2.35. The number of benzene rings is 2. The molecule has 2 aliphatic heterocycles. The molecule has 1 amide bonds. The van der Waals surface area contributed by atoms with E-state index in [1.54, 1.807) is 19.0 Å². The molecule has 0 radical (unpaired) electrons. The molecule has 0 aliphatic carbocycles. The Kier molecular flexibility index (Phi) is 11.1. The van der Waals surface area contributed by atoms with Crippen LogP contribution >= 0.6 is 0 Å². The van der Waals surface area contributed by atoms with E-state index < -0.39 is 24.3 Å². The van der Waals surface area contributed by atoms with Crippen molar-refractivity contribution in [3.8, 4) is 5.75 Å². The zero-order valence-corrected chi connectivity index (χ0v) is 24.3. The summed E-state index contributed by atoms with van der Waals surface area (Å²) in [6.45, 7) is 4.57. The molecule has 16 heteroatoms. The van der Waals surface area contributed by atoms with Gasteiger partial charge in [-0.05, 0) is 48.7 Å². The summed E-state index contributed by atoms with van der Waals surface area (Å²) in [4.78, 5) is 38.1. The summed E-state index contributed by atoms with van der Waals surface area (Å²) in [6, 6.07) is 16.0. The van der Waals surface area contributed by atoms with Gasteiger partial charge in [0.05, 0.1) is 5.54 Å². The summed E-state index contributed by atoms with van der Waals surface area (Å²) >= 11 is 0. The number of carbonyl (C=O) groups excluding carboxylic acids is 1. The van der Waals surface area contributed by atoms with E-state index in [4.69, 9.17) is 24.5 Å². The van der Waals surface area contributed by atoms with E-state index in [1.165, 1.54) is 16.6 Å². The molecule has 10 nitrogen and oxygen atoms in total. The maximum atomic E-state index is 12.5. The fourth-order valence-corrected chi connectivity index (χ4v) is 5.06. The number of ether oxygens (including phenoxy) is 1. The van der Waals surface area contributed by atoms with Crippen LogP contribution in [0.5, 0.6) is 5.75 Å². The van der Waals surface area contributed by atoms with Crippen molar-refractivity contribution in [2.24, 2.45) is 0 Å². The Balaban J connectivity index is 0.000000331. The van der Waals surface area contributed by atoms with Gasteiger partial charge in [-0.15, -0.1) is 0 Å². The van der Waals surface area contributed by atoms with E-state index in [1.807, 2.05) is 36.4 Å². The van der Waals surface area contributed by atoms with Crippen molar-refractivity contribution in [1.29, 1.82) is 0 Å². The number of para-hydroxylation sites is 1. The van der Waals surface area contributed by atoms with Crippen LogP contribution in [0.4, 0.5) is 26.3 Å². The Hall–Kier alpha value is -4.31. The number of aromatic amines is 1. The van der Waals surface area contributed by atoms with Crippen molar-refractivity contribution in [3.05, 3.63) is 65.4 Å². The molecule has 1 aromatic heterocycles. The number of carboxylic acid groups (broad SMARTS) is 2. The third-order valence-electron chi connectivity index (χ3n) is 7.13. The molecule has 3 aromatic rings. The summed E-state index contributed by atoms with van der Waals surface area (Å²) in [5.41, 5.74) is 4.48. The van der Waals surface area contributed by atoms with Crippen LogP contribution in [0, 0.1) is 0 Å². The Morgan fingerprint density at radius 2 is 1.58 bits per heavy atom. The molecule has 246 valence electrons. The molecular formula is C29H32F6N4O6. The lowest BCUT2D eigenvalue weighted by Crippen LogP contribution is -2.49. The number of halogens is 6. The molecule has 1 fully saturated rings. The number of nitrogens with zero attached hydrogens (tertiary/aromatic N) is 2. The van der Waals surface area contributed by atoms with Gasteiger partial charge >= 0.3 is 24.3 Å². The first-order chi connectivity index (χ1) is 20.9. The van der Waals surface area contributed by atoms with Crippen molar-refractivity contribution in [3.63, 3.8) is 0 Å². The fourth-order valence-electron chi connectivity index (χ4n) is 5.06. The van der Waals surface area contributed by atoms with Crippen molar-refractivity contribution >= 4 is 28.7 Å². The van der Waals surface area contributed by atoms with Gasteiger partial charge in [-0.1, -0.05) is 18.2 Å². The van der Waals surface area contributed by atoms with Crippen LogP contribution in [0.15, 0.2) is 48.5 Å². The monoisotopic (exact) mass is 646 g/mol. The average Bonchev–Trinajstić information content (AvgIpc) is 3.55. The number of aliphatic carboxylic acids is 2. The zero-order valence-electron chi connectivity index (χ0n) is 24.3. The molecule has 1 spiro atoms. The first kappa shape index (κ1) is 35.2. The number of amides is 1. The van der Waals surface area contributed by atoms with Crippen LogP contribution in [0.25, 0.3) is 10.9 Å². The van der Waals surface area contributed by atoms with Crippen LogP contribution in [0.2, 0.25) is 0 Å². The second kappa shape index (κ2) is 14.2. The number of aromatic nitrogens is 1. The Labute approximate surface area is 253 Å². The van der Waals surface area contributed by atoms with Crippen molar-refractivity contribution in [1.82, 2.24) is 20.1 Å². The van der Waals surface area contributed by atoms with Gasteiger partial charge in [-0.2, -0.15) is 26.3 Å². The highest BCUT2D eigenvalue weighted by molar-refractivity contribution is 5.99. The summed E-state index contributed by atoms with van der Waals surface area (Å²) in [5, 5.41) is 19.3. The molecule has 1 saturated heterocycles. The van der Waals surface area contributed by atoms with Crippen LogP contribution < -0.4 is 10.1 Å². The summed E-state index contributed by atoms with van der Waals surface area (Å²) in [6.07, 6.45) is -8.12. The normalized spacial score (nSPS) is 17.9. The lowest BCUT2D eigenvalue weighted by molar-refractivity contribution is -0.193. The smallest absolute Gasteiger partial charge is 0.490 e. The highest BCUT2D eigenvalue weighted by Gasteiger charge is 2.44. The van der Waals surface area contributed by atoms with Gasteiger partial charge in [0.1, 0.15) is 12.4 Å². The van der Waals surface area contributed by atoms with Crippen molar-refractivity contribution in [2.45, 2.75) is 30.7 Å². The number of nitrogens with one attached hydrogen (secondary N) is 2. The van der Waals surface area contributed by atoms with Gasteiger partial charge in [0.15, 0.2) is 0 Å². The van der Waals surface area contributed by atoms with Gasteiger partial charge in [0.25, 0.3) is 5.91 Å². The Morgan fingerprint density at radius 3 is 2.13 bits per heavy atom. The van der Waals surface area contributed by atoms with Gasteiger partial charge < -0.3 is 30.2 Å². The first-order valence-electron chi connectivity index (χ1n) is 13.6. The first-order valence-corrected chi connectivity index (χ1v) is 13.6. The third kappa shape index (κ3) is 9.11. The number of likely N-dealkylation sites (tertiary alicyclic amines) is 1. The van der Waals surface area contributed by atoms with Gasteiger partial charge in [-0.3, -0.25) is 9.69 Å². The highest BCUT2D eigenvalue weighted by Crippen LogP contribution is 2.39. The summed E-state index contributed by atoms with van der Waals surface area (Å²) < 4.78 is 69.4. The number of alkyl halides is 6. The van der Waals surface area contributed by atoms with E-state index in [0.29, 0.717) is 6.61 Å². The van der Waals surface area contributed by atoms with Gasteiger partial charge in [0, 0.05) is 62.4 Å². The SMILES string of the molecule is CN(C)C(=O)c1ccc2[nH]c3c(c2c1)CCNC31CCN(CCOc2ccccc2)C1.O=C(O)C(F)(F)F.O=C(O)C(F)(F)F. The molecule has 5 rings (SSSR count). The van der Waals surface area contributed by atoms with Crippen LogP contribution in [0.3, 0.4) is 0 Å². The molecule has 0 bridgehead atoms. The number of hydrogen-bond donors (Lipinski definition) is 4. The molecule has 45 heavy (non-hydrogen) atoms. The third-order valence-corrected chi connectivity index (χ3v) is 7.13. The number of rotatable bonds is 5. The Bertz CT molecular complexity index is 1470. The minimum atomic E-state index is -5.08. The summed E-state index contributed by atoms with van der Waals surface area (Å²) in [7, 11) is 3.60. The topological polar surface area (TPSA) is 135 Å². The zero-order chi connectivity index (χ0) is 33.6. The largest absolute Gasteiger partial charge is 0.492 e. The van der Waals surface area contributed by atoms with Gasteiger partial charge in [-0.25, -0.2) is 9.59 Å². The maximum absolute atomic E-state index is 12.5. The van der Waals surface area contributed by atoms with E-state index in [2.05, 4.69) is 27.3 Å². The number of fused-ring (bicyclic) bond motifs is 4. The molecular weight excluding hydrogens is 614 g/mol. The lowest BCUT2D eigenvalue weighted by atomic mass is 9.86. The number of carbonyl (C=O) groups is 3. The maximum Gasteiger partial charge on any atom is 0.490 e. The number of H-pyrrole nitrogens is 1.